The molecular formula is C36H47N5O9S. The predicted octanol–water partition coefficient (Wildman–Crippen LogP) is 3.34. The fourth-order valence-corrected chi connectivity index (χ4v) is 8.39. The zero-order valence-electron chi connectivity index (χ0n) is 29.5. The lowest BCUT2D eigenvalue weighted by atomic mass is 9.85. The highest BCUT2D eigenvalue weighted by Gasteiger charge is 2.62. The van der Waals surface area contributed by atoms with Crippen molar-refractivity contribution in [1.82, 2.24) is 25.2 Å². The molecule has 15 heteroatoms. The number of fused-ring (bicyclic) bond motifs is 1. The van der Waals surface area contributed by atoms with Crippen LogP contribution in [0.3, 0.4) is 0 Å². The Labute approximate surface area is 298 Å². The number of rotatable bonds is 12. The zero-order chi connectivity index (χ0) is 36.7. The number of ether oxygens (including phenoxy) is 3. The zero-order valence-corrected chi connectivity index (χ0v) is 30.3. The van der Waals surface area contributed by atoms with Crippen molar-refractivity contribution in [3.63, 3.8) is 0 Å². The van der Waals surface area contributed by atoms with Gasteiger partial charge in [0.05, 0.1) is 18.9 Å². The molecule has 1 saturated heterocycles. The molecule has 14 nitrogen and oxygen atoms in total. The number of hydrogen-bond donors (Lipinski definition) is 3. The summed E-state index contributed by atoms with van der Waals surface area (Å²) in [7, 11) is -2.32. The van der Waals surface area contributed by atoms with Gasteiger partial charge in [-0.25, -0.2) is 18.2 Å². The van der Waals surface area contributed by atoms with Crippen molar-refractivity contribution in [3.05, 3.63) is 43.1 Å². The van der Waals surface area contributed by atoms with E-state index in [9.17, 15) is 27.6 Å². The molecule has 3 N–H and O–H groups in total. The van der Waals surface area contributed by atoms with Gasteiger partial charge in [-0.2, -0.15) is 0 Å². The second kappa shape index (κ2) is 14.0. The van der Waals surface area contributed by atoms with Crippen LogP contribution in [-0.2, 0) is 29.1 Å². The SMILES string of the molecule is C=C[C@@H]1C[C@]1(NC(=O)[C@@H]1CC(Oc2nccc3cc(OC)ccc23)CN1C(=O)[C@@H](NC(=O)OC1CCCC1)C(C)(C)C)C(=O)NS(=O)(=O)C1CC1. The summed E-state index contributed by atoms with van der Waals surface area (Å²) >= 11 is 0. The number of amides is 4. The minimum Gasteiger partial charge on any atom is -0.497 e. The third kappa shape index (κ3) is 7.77. The predicted molar refractivity (Wildman–Crippen MR) is 187 cm³/mol. The molecule has 276 valence electrons. The number of alkyl carbamates (subject to hydrolysis) is 1. The van der Waals surface area contributed by atoms with E-state index in [1.807, 2.05) is 18.2 Å². The Kier molecular flexibility index (Phi) is 9.96. The van der Waals surface area contributed by atoms with Crippen LogP contribution in [0.4, 0.5) is 4.79 Å². The Morgan fingerprint density at radius 3 is 2.43 bits per heavy atom. The van der Waals surface area contributed by atoms with Crippen LogP contribution in [-0.4, -0.2) is 90.9 Å². The number of methoxy groups -OCH3 is 1. The van der Waals surface area contributed by atoms with Gasteiger partial charge in [-0.3, -0.25) is 19.1 Å². The average Bonchev–Trinajstić information content (AvgIpc) is 3.96. The number of sulfonamides is 1. The number of likely N-dealkylation sites (tertiary alicyclic amines) is 1. The molecule has 0 radical (unpaired) electrons. The highest BCUT2D eigenvalue weighted by molar-refractivity contribution is 7.91. The Balaban J connectivity index is 1.27. The van der Waals surface area contributed by atoms with Crippen molar-refractivity contribution < 1.29 is 41.8 Å². The van der Waals surface area contributed by atoms with Gasteiger partial charge in [0.1, 0.15) is 35.6 Å². The summed E-state index contributed by atoms with van der Waals surface area (Å²) < 4.78 is 44.9. The number of pyridine rings is 1. The van der Waals surface area contributed by atoms with E-state index >= 15 is 0 Å². The second-order valence-electron chi connectivity index (χ2n) is 15.1. The number of nitrogens with zero attached hydrogens (tertiary/aromatic N) is 2. The summed E-state index contributed by atoms with van der Waals surface area (Å²) in [6.45, 7) is 9.15. The largest absolute Gasteiger partial charge is 0.497 e. The molecule has 4 aliphatic rings. The maximum atomic E-state index is 14.5. The minimum atomic E-state index is -3.89. The van der Waals surface area contributed by atoms with Gasteiger partial charge < -0.3 is 29.7 Å². The van der Waals surface area contributed by atoms with Gasteiger partial charge in [-0.15, -0.1) is 6.58 Å². The number of nitrogens with one attached hydrogen (secondary N) is 3. The van der Waals surface area contributed by atoms with Crippen molar-refractivity contribution in [2.24, 2.45) is 11.3 Å². The third-order valence-corrected chi connectivity index (χ3v) is 12.1. The van der Waals surface area contributed by atoms with E-state index in [1.54, 1.807) is 40.1 Å². The maximum Gasteiger partial charge on any atom is 0.408 e. The molecule has 4 amide bonds. The normalized spacial score (nSPS) is 25.5. The summed E-state index contributed by atoms with van der Waals surface area (Å²) in [4.78, 5) is 61.0. The molecule has 3 saturated carbocycles. The quantitative estimate of drug-likeness (QED) is 0.275. The van der Waals surface area contributed by atoms with Crippen molar-refractivity contribution >= 4 is 44.6 Å². The number of carbonyl (C=O) groups excluding carboxylic acids is 4. The third-order valence-electron chi connectivity index (χ3n) is 10.3. The highest BCUT2D eigenvalue weighted by Crippen LogP contribution is 2.45. The van der Waals surface area contributed by atoms with Gasteiger partial charge in [0.25, 0.3) is 5.91 Å². The van der Waals surface area contributed by atoms with Crippen LogP contribution in [0.5, 0.6) is 11.6 Å². The Morgan fingerprint density at radius 1 is 1.08 bits per heavy atom. The first kappa shape index (κ1) is 36.4. The number of carbonyl (C=O) groups is 4. The smallest absolute Gasteiger partial charge is 0.408 e. The molecule has 1 aromatic heterocycles. The first-order valence-electron chi connectivity index (χ1n) is 17.5. The average molecular weight is 726 g/mol. The number of aromatic nitrogens is 1. The Hall–Kier alpha value is -4.40. The fraction of sp³-hybridized carbons (Fsp3) is 0.583. The Bertz CT molecular complexity index is 1820. The fourth-order valence-electron chi connectivity index (χ4n) is 7.03. The van der Waals surface area contributed by atoms with Gasteiger partial charge in [0.2, 0.25) is 27.7 Å². The van der Waals surface area contributed by atoms with Gasteiger partial charge in [-0.05, 0) is 80.0 Å². The van der Waals surface area contributed by atoms with E-state index in [4.69, 9.17) is 14.2 Å². The van der Waals surface area contributed by atoms with Crippen molar-refractivity contribution in [2.75, 3.05) is 13.7 Å². The highest BCUT2D eigenvalue weighted by atomic mass is 32.2. The molecule has 1 unspecified atom stereocenters. The van der Waals surface area contributed by atoms with Gasteiger partial charge in [-0.1, -0.05) is 26.8 Å². The molecule has 1 aliphatic heterocycles. The number of benzene rings is 1. The van der Waals surface area contributed by atoms with Crippen LogP contribution in [0.25, 0.3) is 10.8 Å². The first-order chi connectivity index (χ1) is 24.1. The van der Waals surface area contributed by atoms with Crippen molar-refractivity contribution in [3.8, 4) is 11.6 Å². The van der Waals surface area contributed by atoms with Crippen LogP contribution in [0, 0.1) is 11.3 Å². The van der Waals surface area contributed by atoms with Crippen LogP contribution >= 0.6 is 0 Å². The standard InChI is InChI=1S/C36H47N5O9S/c1-6-22-19-36(22,33(44)40-51(46,47)26-12-13-26)39-30(42)28-18-25(49-31-27-14-11-24(48-5)17-21(27)15-16-37-31)20-41(28)32(43)29(35(2,3)4)38-34(45)50-23-9-7-8-10-23/h6,11,14-17,22-23,25-26,28-29H,1,7-10,12-13,18-20H2,2-5H3,(H,38,45)(H,39,42)(H,40,44)/t22-,25?,28+,29-,36-/m1/s1. The van der Waals surface area contributed by atoms with Crippen LogP contribution in [0.15, 0.2) is 43.1 Å². The van der Waals surface area contributed by atoms with Crippen molar-refractivity contribution in [2.45, 2.75) is 107 Å². The van der Waals surface area contributed by atoms with E-state index in [-0.39, 0.29) is 25.5 Å². The van der Waals surface area contributed by atoms with E-state index in [0.717, 1.165) is 31.1 Å². The van der Waals surface area contributed by atoms with Crippen LogP contribution in [0.2, 0.25) is 0 Å². The second-order valence-corrected chi connectivity index (χ2v) is 17.1. The lowest BCUT2D eigenvalue weighted by Gasteiger charge is -2.35. The minimum absolute atomic E-state index is 0.0305. The summed E-state index contributed by atoms with van der Waals surface area (Å²) in [5.74, 6) is -1.58. The van der Waals surface area contributed by atoms with Gasteiger partial charge in [0.15, 0.2) is 0 Å². The van der Waals surface area contributed by atoms with E-state index in [2.05, 4.69) is 26.9 Å². The summed E-state index contributed by atoms with van der Waals surface area (Å²) in [6, 6.07) is 5.04. The van der Waals surface area contributed by atoms with E-state index in [0.29, 0.717) is 29.9 Å². The molecule has 3 aliphatic carbocycles. The molecular weight excluding hydrogens is 678 g/mol. The molecule has 1 aromatic carbocycles. The van der Waals surface area contributed by atoms with Crippen LogP contribution < -0.4 is 24.8 Å². The summed E-state index contributed by atoms with van der Waals surface area (Å²) in [5.41, 5.74) is -2.33. The van der Waals surface area contributed by atoms with Gasteiger partial charge in [0, 0.05) is 23.9 Å². The molecule has 4 fully saturated rings. The van der Waals surface area contributed by atoms with Crippen molar-refractivity contribution in [1.29, 1.82) is 0 Å². The van der Waals surface area contributed by atoms with Gasteiger partial charge >= 0.3 is 6.09 Å². The molecule has 51 heavy (non-hydrogen) atoms. The lowest BCUT2D eigenvalue weighted by Crippen LogP contribution is -2.60. The van der Waals surface area contributed by atoms with E-state index < -0.39 is 74.1 Å². The topological polar surface area (TPSA) is 182 Å². The maximum absolute atomic E-state index is 14.5. The molecule has 0 bridgehead atoms. The number of hydrogen-bond acceptors (Lipinski definition) is 10. The molecule has 5 atom stereocenters. The lowest BCUT2D eigenvalue weighted by molar-refractivity contribution is -0.143. The Morgan fingerprint density at radius 2 is 1.80 bits per heavy atom. The monoisotopic (exact) mass is 725 g/mol. The summed E-state index contributed by atoms with van der Waals surface area (Å²) in [5, 5.41) is 6.44. The molecule has 0 spiro atoms. The van der Waals surface area contributed by atoms with Crippen LogP contribution in [0.1, 0.15) is 72.1 Å². The van der Waals surface area contributed by atoms with E-state index in [1.165, 1.54) is 11.0 Å². The first-order valence-corrected chi connectivity index (χ1v) is 19.1. The molecule has 2 aromatic rings. The summed E-state index contributed by atoms with van der Waals surface area (Å²) in [6.07, 6.45) is 6.00. The molecule has 2 heterocycles. The molecule has 6 rings (SSSR count).